The minimum Gasteiger partial charge on any atom is -0.121 e. The van der Waals surface area contributed by atoms with Gasteiger partial charge in [0.1, 0.15) is 0 Å². The van der Waals surface area contributed by atoms with E-state index in [1.807, 2.05) is 12.2 Å². The molecule has 5 atom stereocenters. The van der Waals surface area contributed by atoms with Gasteiger partial charge >= 0.3 is 0 Å². The molecule has 3 saturated carbocycles. The second-order valence-corrected chi connectivity index (χ2v) is 7.58. The highest BCUT2D eigenvalue weighted by Gasteiger charge is 2.62. The predicted molar refractivity (Wildman–Crippen MR) is 97.8 cm³/mol. The second kappa shape index (κ2) is 5.69. The van der Waals surface area contributed by atoms with Crippen LogP contribution in [0, 0.1) is 29.1 Å². The third-order valence-corrected chi connectivity index (χ3v) is 6.90. The molecule has 0 aromatic carbocycles. The molecule has 0 spiro atoms. The fraction of sp³-hybridized carbons (Fsp3) is 0.435. The van der Waals surface area contributed by atoms with Crippen LogP contribution in [-0.4, -0.2) is 0 Å². The van der Waals surface area contributed by atoms with Crippen LogP contribution in [0.3, 0.4) is 0 Å². The zero-order valence-corrected chi connectivity index (χ0v) is 13.9. The first-order valence-electron chi connectivity index (χ1n) is 9.07. The van der Waals surface area contributed by atoms with Gasteiger partial charge in [-0.3, -0.25) is 0 Å². The maximum Gasteiger partial charge on any atom is 0.0236 e. The quantitative estimate of drug-likeness (QED) is 0.445. The highest BCUT2D eigenvalue weighted by molar-refractivity contribution is 5.48. The molecule has 5 unspecified atom stereocenters. The third-order valence-electron chi connectivity index (χ3n) is 6.90. The van der Waals surface area contributed by atoms with Crippen LogP contribution >= 0.6 is 0 Å². The molecule has 0 heteroatoms. The Bertz CT molecular complexity index is 677. The zero-order chi connectivity index (χ0) is 15.9. The molecule has 0 N–H and O–H groups in total. The van der Waals surface area contributed by atoms with E-state index in [0.717, 1.165) is 23.7 Å². The van der Waals surface area contributed by atoms with Crippen LogP contribution in [0.4, 0.5) is 0 Å². The Hall–Kier alpha value is -1.78. The average Bonchev–Trinajstić information content (AvgIpc) is 3.20. The van der Waals surface area contributed by atoms with Crippen LogP contribution in [0.25, 0.3) is 0 Å². The minimum atomic E-state index is 0.138. The van der Waals surface area contributed by atoms with Crippen molar-refractivity contribution in [3.8, 4) is 0 Å². The fourth-order valence-corrected chi connectivity index (χ4v) is 6.25. The first-order chi connectivity index (χ1) is 11.3. The van der Waals surface area contributed by atoms with E-state index in [9.17, 15) is 0 Å². The van der Waals surface area contributed by atoms with Gasteiger partial charge in [-0.2, -0.15) is 0 Å². The molecule has 3 fully saturated rings. The summed E-state index contributed by atoms with van der Waals surface area (Å²) < 4.78 is 0. The van der Waals surface area contributed by atoms with Gasteiger partial charge in [0.25, 0.3) is 0 Å². The summed E-state index contributed by atoms with van der Waals surface area (Å²) in [5.41, 5.74) is 6.18. The number of rotatable bonds is 4. The molecule has 4 rings (SSSR count). The fourth-order valence-electron chi connectivity index (χ4n) is 6.25. The molecule has 0 radical (unpaired) electrons. The van der Waals surface area contributed by atoms with E-state index in [0.29, 0.717) is 0 Å². The lowest BCUT2D eigenvalue weighted by Gasteiger charge is -2.45. The van der Waals surface area contributed by atoms with E-state index in [4.69, 9.17) is 0 Å². The smallest absolute Gasteiger partial charge is 0.0236 e. The summed E-state index contributed by atoms with van der Waals surface area (Å²) in [5, 5.41) is 0. The van der Waals surface area contributed by atoms with E-state index >= 15 is 0 Å². The van der Waals surface area contributed by atoms with Gasteiger partial charge in [-0.1, -0.05) is 56.0 Å². The van der Waals surface area contributed by atoms with Crippen LogP contribution in [0.15, 0.2) is 78.6 Å². The Balaban J connectivity index is 1.85. The first-order valence-corrected chi connectivity index (χ1v) is 9.07. The van der Waals surface area contributed by atoms with Crippen LogP contribution in [0.2, 0.25) is 0 Å². The van der Waals surface area contributed by atoms with E-state index in [2.05, 4.69) is 55.3 Å². The van der Waals surface area contributed by atoms with E-state index in [1.165, 1.54) is 43.3 Å². The highest BCUT2D eigenvalue weighted by atomic mass is 14.7. The monoisotopic (exact) mass is 302 g/mol. The Labute approximate surface area is 140 Å². The topological polar surface area (TPSA) is 0 Å². The molecule has 0 aliphatic heterocycles. The number of hydrogen-bond donors (Lipinski definition) is 0. The molecule has 0 heterocycles. The van der Waals surface area contributed by atoms with Gasteiger partial charge in [-0.05, 0) is 72.7 Å². The van der Waals surface area contributed by atoms with Gasteiger partial charge in [0, 0.05) is 5.41 Å². The summed E-state index contributed by atoms with van der Waals surface area (Å²) in [6.45, 7) is 8.11. The normalized spacial score (nSPS) is 40.9. The molecule has 0 amide bonds. The van der Waals surface area contributed by atoms with Crippen LogP contribution in [0.1, 0.15) is 32.1 Å². The number of hydrogen-bond acceptors (Lipinski definition) is 0. The summed E-state index contributed by atoms with van der Waals surface area (Å²) in [4.78, 5) is 0. The largest absolute Gasteiger partial charge is 0.121 e. The lowest BCUT2D eigenvalue weighted by molar-refractivity contribution is 0.153. The van der Waals surface area contributed by atoms with Gasteiger partial charge in [-0.15, -0.1) is 5.73 Å². The molecular weight excluding hydrogens is 276 g/mol. The van der Waals surface area contributed by atoms with Crippen molar-refractivity contribution in [2.75, 3.05) is 0 Å². The molecule has 118 valence electrons. The van der Waals surface area contributed by atoms with E-state index < -0.39 is 0 Å². The molecule has 0 nitrogen and oxygen atoms in total. The van der Waals surface area contributed by atoms with Crippen LogP contribution in [0.5, 0.6) is 0 Å². The summed E-state index contributed by atoms with van der Waals surface area (Å²) in [6.07, 6.45) is 24.1. The minimum absolute atomic E-state index is 0.138. The predicted octanol–water partition coefficient (Wildman–Crippen LogP) is 5.93. The Kier molecular flexibility index (Phi) is 3.66. The standard InChI is InChI=1S/C23H26/c1-3-10-18(4-2)23(19-11-7-5-6-8-12-19)16-17-15-22(23)21-14-9-13-20(17)21/h3-5,7-8,10-12,17,20-22H,1-2,9,13-16H2/b18-10+. The summed E-state index contributed by atoms with van der Waals surface area (Å²) in [6, 6.07) is 0. The van der Waals surface area contributed by atoms with Crippen molar-refractivity contribution in [1.29, 1.82) is 0 Å². The summed E-state index contributed by atoms with van der Waals surface area (Å²) >= 11 is 0. The molecule has 4 aliphatic rings. The molecule has 0 aromatic rings. The van der Waals surface area contributed by atoms with Crippen molar-refractivity contribution in [1.82, 2.24) is 0 Å². The van der Waals surface area contributed by atoms with Crippen molar-refractivity contribution in [3.63, 3.8) is 0 Å². The van der Waals surface area contributed by atoms with Gasteiger partial charge in [0.2, 0.25) is 0 Å². The summed E-state index contributed by atoms with van der Waals surface area (Å²) in [7, 11) is 0. The summed E-state index contributed by atoms with van der Waals surface area (Å²) in [5.74, 6) is 3.57. The van der Waals surface area contributed by atoms with Crippen molar-refractivity contribution >= 4 is 0 Å². The maximum atomic E-state index is 4.16. The second-order valence-electron chi connectivity index (χ2n) is 7.58. The van der Waals surface area contributed by atoms with Crippen molar-refractivity contribution in [2.45, 2.75) is 32.1 Å². The maximum absolute atomic E-state index is 4.16. The molecule has 0 saturated heterocycles. The highest BCUT2D eigenvalue weighted by Crippen LogP contribution is 2.70. The molecule has 0 aromatic heterocycles. The number of fused-ring (bicyclic) bond motifs is 5. The van der Waals surface area contributed by atoms with E-state index in [-0.39, 0.29) is 5.41 Å². The SMILES string of the molecule is C=C/C=C(\C=C)C1(C2=CC=C=CC=C2)CC2CC1C1CCCC21. The zero-order valence-electron chi connectivity index (χ0n) is 13.9. The van der Waals surface area contributed by atoms with Crippen molar-refractivity contribution in [3.05, 3.63) is 78.6 Å². The van der Waals surface area contributed by atoms with Crippen molar-refractivity contribution < 1.29 is 0 Å². The van der Waals surface area contributed by atoms with Gasteiger partial charge < -0.3 is 0 Å². The average molecular weight is 302 g/mol. The Morgan fingerprint density at radius 3 is 2.91 bits per heavy atom. The lowest BCUT2D eigenvalue weighted by atomic mass is 9.58. The van der Waals surface area contributed by atoms with E-state index in [1.54, 1.807) is 0 Å². The van der Waals surface area contributed by atoms with Gasteiger partial charge in [0.05, 0.1) is 0 Å². The molecule has 2 bridgehead atoms. The Morgan fingerprint density at radius 2 is 2.09 bits per heavy atom. The molecule has 23 heavy (non-hydrogen) atoms. The van der Waals surface area contributed by atoms with Crippen LogP contribution < -0.4 is 0 Å². The first kappa shape index (κ1) is 14.8. The molecular formula is C23H26. The molecule has 4 aliphatic carbocycles. The third kappa shape index (κ3) is 2.05. The lowest BCUT2D eigenvalue weighted by Crippen LogP contribution is -2.38. The van der Waals surface area contributed by atoms with Gasteiger partial charge in [0.15, 0.2) is 0 Å². The number of allylic oxidation sites excluding steroid dienone is 9. The Morgan fingerprint density at radius 1 is 1.22 bits per heavy atom. The van der Waals surface area contributed by atoms with Gasteiger partial charge in [-0.25, -0.2) is 0 Å². The van der Waals surface area contributed by atoms with Crippen molar-refractivity contribution in [2.24, 2.45) is 29.1 Å². The van der Waals surface area contributed by atoms with Crippen LogP contribution in [-0.2, 0) is 0 Å².